The Labute approximate surface area is 188 Å². The fraction of sp³-hybridized carbons (Fsp3) is 0.143. The number of carbonyl (C=O) groups excluding carboxylic acids is 1. The van der Waals surface area contributed by atoms with E-state index in [1.54, 1.807) is 6.08 Å². The van der Waals surface area contributed by atoms with Crippen LogP contribution < -0.4 is 5.32 Å². The van der Waals surface area contributed by atoms with Crippen LogP contribution in [-0.4, -0.2) is 10.5 Å². The molecule has 1 heterocycles. The summed E-state index contributed by atoms with van der Waals surface area (Å²) in [4.78, 5) is 12.9. The van der Waals surface area contributed by atoms with E-state index < -0.39 is 5.91 Å². The SMILES string of the molecule is Cc1cccc(Cn2cc(/C=C(\C#N)C(=O)Nc3cc(C)ccc3C)c3ccccc32)c1. The number of anilines is 1. The van der Waals surface area contributed by atoms with E-state index in [1.807, 2.05) is 56.4 Å². The Balaban J connectivity index is 1.69. The highest BCUT2D eigenvalue weighted by atomic mass is 16.1. The molecule has 4 nitrogen and oxygen atoms in total. The van der Waals surface area contributed by atoms with Gasteiger partial charge in [-0.2, -0.15) is 5.26 Å². The molecule has 4 aromatic rings. The quantitative estimate of drug-likeness (QED) is 0.311. The van der Waals surface area contributed by atoms with Gasteiger partial charge in [-0.25, -0.2) is 0 Å². The van der Waals surface area contributed by atoms with Crippen LogP contribution >= 0.6 is 0 Å². The standard InChI is InChI=1S/C28H25N3O/c1-19-7-6-8-22(13-19)17-31-18-24(25-9-4-5-10-27(25)31)15-23(16-29)28(32)30-26-14-20(2)11-12-21(26)3/h4-15,18H,17H2,1-3H3,(H,30,32)/b23-15+. The average Bonchev–Trinajstić information content (AvgIpc) is 3.12. The molecule has 4 rings (SSSR count). The summed E-state index contributed by atoms with van der Waals surface area (Å²) in [5.41, 5.74) is 7.13. The van der Waals surface area contributed by atoms with Crippen LogP contribution in [0, 0.1) is 32.1 Å². The van der Waals surface area contributed by atoms with Crippen LogP contribution in [0.15, 0.2) is 78.5 Å². The molecule has 32 heavy (non-hydrogen) atoms. The van der Waals surface area contributed by atoms with Crippen molar-refractivity contribution < 1.29 is 4.79 Å². The number of nitrogens with one attached hydrogen (secondary N) is 1. The molecule has 4 heteroatoms. The van der Waals surface area contributed by atoms with E-state index in [0.29, 0.717) is 6.54 Å². The second-order valence-electron chi connectivity index (χ2n) is 8.16. The zero-order valence-electron chi connectivity index (χ0n) is 18.5. The highest BCUT2D eigenvalue weighted by Gasteiger charge is 2.14. The van der Waals surface area contributed by atoms with Crippen LogP contribution in [0.2, 0.25) is 0 Å². The van der Waals surface area contributed by atoms with E-state index >= 15 is 0 Å². The van der Waals surface area contributed by atoms with Crippen molar-refractivity contribution in [3.05, 3.63) is 106 Å². The molecule has 0 saturated carbocycles. The summed E-state index contributed by atoms with van der Waals surface area (Å²) in [6.07, 6.45) is 3.69. The Kier molecular flexibility index (Phi) is 5.91. The minimum absolute atomic E-state index is 0.0735. The molecule has 158 valence electrons. The van der Waals surface area contributed by atoms with Gasteiger partial charge in [0.2, 0.25) is 0 Å². The molecule has 1 N–H and O–H groups in total. The summed E-state index contributed by atoms with van der Waals surface area (Å²) >= 11 is 0. The molecule has 0 saturated heterocycles. The van der Waals surface area contributed by atoms with Gasteiger partial charge >= 0.3 is 0 Å². The van der Waals surface area contributed by atoms with Crippen molar-refractivity contribution in [3.63, 3.8) is 0 Å². The van der Waals surface area contributed by atoms with Gasteiger partial charge in [0.1, 0.15) is 11.6 Å². The monoisotopic (exact) mass is 419 g/mol. The van der Waals surface area contributed by atoms with Crippen molar-refractivity contribution in [3.8, 4) is 6.07 Å². The minimum atomic E-state index is -0.406. The number of fused-ring (bicyclic) bond motifs is 1. The Morgan fingerprint density at radius 2 is 1.78 bits per heavy atom. The highest BCUT2D eigenvalue weighted by molar-refractivity contribution is 6.11. The van der Waals surface area contributed by atoms with Crippen LogP contribution in [-0.2, 0) is 11.3 Å². The molecule has 0 aliphatic carbocycles. The summed E-state index contributed by atoms with van der Waals surface area (Å²) in [6, 6.07) is 24.4. The van der Waals surface area contributed by atoms with E-state index in [-0.39, 0.29) is 5.57 Å². The number of nitriles is 1. The van der Waals surface area contributed by atoms with Crippen LogP contribution in [0.4, 0.5) is 5.69 Å². The second kappa shape index (κ2) is 8.95. The lowest BCUT2D eigenvalue weighted by atomic mass is 10.1. The lowest BCUT2D eigenvalue weighted by Gasteiger charge is -2.08. The maximum absolute atomic E-state index is 12.9. The first-order valence-electron chi connectivity index (χ1n) is 10.6. The van der Waals surface area contributed by atoms with Gasteiger partial charge in [-0.05, 0) is 55.7 Å². The van der Waals surface area contributed by atoms with E-state index in [1.165, 1.54) is 11.1 Å². The third-order valence-corrected chi connectivity index (χ3v) is 5.56. The number of benzene rings is 3. The first kappa shape index (κ1) is 21.1. The number of hydrogen-bond donors (Lipinski definition) is 1. The molecule has 0 unspecified atom stereocenters. The first-order chi connectivity index (χ1) is 15.4. The number of aromatic nitrogens is 1. The van der Waals surface area contributed by atoms with Crippen molar-refractivity contribution in [2.24, 2.45) is 0 Å². The number of aryl methyl sites for hydroxylation is 3. The number of nitrogens with zero attached hydrogens (tertiary/aromatic N) is 2. The molecule has 0 fully saturated rings. The molecule has 0 aliphatic heterocycles. The summed E-state index contributed by atoms with van der Waals surface area (Å²) in [6.45, 7) is 6.70. The fourth-order valence-electron chi connectivity index (χ4n) is 3.89. The average molecular weight is 420 g/mol. The van der Waals surface area contributed by atoms with Crippen molar-refractivity contribution in [2.45, 2.75) is 27.3 Å². The maximum atomic E-state index is 12.9. The van der Waals surface area contributed by atoms with Crippen molar-refractivity contribution in [1.82, 2.24) is 4.57 Å². The molecule has 0 spiro atoms. The van der Waals surface area contributed by atoms with E-state index in [4.69, 9.17) is 0 Å². The van der Waals surface area contributed by atoms with Crippen LogP contribution in [0.5, 0.6) is 0 Å². The topological polar surface area (TPSA) is 57.8 Å². The molecule has 3 aromatic carbocycles. The van der Waals surface area contributed by atoms with Crippen molar-refractivity contribution >= 4 is 28.6 Å². The Bertz CT molecular complexity index is 1390. The zero-order valence-corrected chi connectivity index (χ0v) is 18.5. The summed E-state index contributed by atoms with van der Waals surface area (Å²) in [5, 5.41) is 13.6. The predicted molar refractivity (Wildman–Crippen MR) is 130 cm³/mol. The molecule has 1 amide bonds. The lowest BCUT2D eigenvalue weighted by molar-refractivity contribution is -0.112. The largest absolute Gasteiger partial charge is 0.342 e. The Hall–Kier alpha value is -4.10. The molecular weight excluding hydrogens is 394 g/mol. The van der Waals surface area contributed by atoms with Crippen LogP contribution in [0.25, 0.3) is 17.0 Å². The predicted octanol–water partition coefficient (Wildman–Crippen LogP) is 6.16. The van der Waals surface area contributed by atoms with E-state index in [2.05, 4.69) is 53.2 Å². The molecular formula is C28H25N3O. The first-order valence-corrected chi connectivity index (χ1v) is 10.6. The molecule has 1 aromatic heterocycles. The minimum Gasteiger partial charge on any atom is -0.342 e. The summed E-state index contributed by atoms with van der Waals surface area (Å²) in [7, 11) is 0. The lowest BCUT2D eigenvalue weighted by Crippen LogP contribution is -2.14. The van der Waals surface area contributed by atoms with Crippen LogP contribution in [0.3, 0.4) is 0 Å². The van der Waals surface area contributed by atoms with E-state index in [9.17, 15) is 10.1 Å². The molecule has 0 aliphatic rings. The smallest absolute Gasteiger partial charge is 0.266 e. The van der Waals surface area contributed by atoms with Crippen molar-refractivity contribution in [1.29, 1.82) is 5.26 Å². The van der Waals surface area contributed by atoms with Gasteiger partial charge < -0.3 is 9.88 Å². The summed E-state index contributed by atoms with van der Waals surface area (Å²) < 4.78 is 2.16. The number of rotatable bonds is 5. The number of carbonyl (C=O) groups is 1. The Morgan fingerprint density at radius 3 is 2.56 bits per heavy atom. The van der Waals surface area contributed by atoms with Crippen molar-refractivity contribution in [2.75, 3.05) is 5.32 Å². The molecule has 0 atom stereocenters. The third kappa shape index (κ3) is 4.48. The molecule has 0 radical (unpaired) electrons. The number of hydrogen-bond acceptors (Lipinski definition) is 2. The molecule has 0 bridgehead atoms. The fourth-order valence-corrected chi connectivity index (χ4v) is 3.89. The van der Waals surface area contributed by atoms with Gasteiger partial charge in [-0.3, -0.25) is 4.79 Å². The van der Waals surface area contributed by atoms with Gasteiger partial charge in [0.05, 0.1) is 0 Å². The number of para-hydroxylation sites is 1. The van der Waals surface area contributed by atoms with Crippen LogP contribution in [0.1, 0.15) is 27.8 Å². The van der Waals surface area contributed by atoms with Gasteiger partial charge in [0.25, 0.3) is 5.91 Å². The van der Waals surface area contributed by atoms with Gasteiger partial charge in [0.15, 0.2) is 0 Å². The zero-order chi connectivity index (χ0) is 22.7. The number of amides is 1. The summed E-state index contributed by atoms with van der Waals surface area (Å²) in [5.74, 6) is -0.406. The highest BCUT2D eigenvalue weighted by Crippen LogP contribution is 2.25. The third-order valence-electron chi connectivity index (χ3n) is 5.56. The van der Waals surface area contributed by atoms with Gasteiger partial charge in [0, 0.05) is 34.9 Å². The maximum Gasteiger partial charge on any atom is 0.266 e. The Morgan fingerprint density at radius 1 is 1.00 bits per heavy atom. The van der Waals surface area contributed by atoms with Gasteiger partial charge in [-0.15, -0.1) is 0 Å². The van der Waals surface area contributed by atoms with E-state index in [0.717, 1.165) is 33.3 Å². The normalized spacial score (nSPS) is 11.4. The second-order valence-corrected chi connectivity index (χ2v) is 8.16. The van der Waals surface area contributed by atoms with Gasteiger partial charge in [-0.1, -0.05) is 60.2 Å².